The van der Waals surface area contributed by atoms with Gasteiger partial charge in [-0.05, 0) is 43.5 Å². The number of nitrogens with one attached hydrogen (secondary N) is 1. The number of amides is 1. The van der Waals surface area contributed by atoms with Gasteiger partial charge in [-0.15, -0.1) is 0 Å². The van der Waals surface area contributed by atoms with Gasteiger partial charge in [-0.2, -0.15) is 0 Å². The van der Waals surface area contributed by atoms with E-state index in [1.807, 2.05) is 19.1 Å². The molecular formula is C19H22N2O5. The standard InChI is InChI=1S/C19H22N2O5/c1-12-10-13(7-8-15(12)21-9-5-4-6-16(21)22)20-11-14-17(23)25-19(2,3)26-18(14)24/h7-8,10-11,20H,4-6,9H2,1-3H3. The Labute approximate surface area is 151 Å². The molecule has 1 aromatic carbocycles. The molecule has 0 bridgehead atoms. The highest BCUT2D eigenvalue weighted by Crippen LogP contribution is 2.28. The van der Waals surface area contributed by atoms with Crippen LogP contribution < -0.4 is 10.2 Å². The van der Waals surface area contributed by atoms with Crippen molar-refractivity contribution in [2.24, 2.45) is 0 Å². The molecular weight excluding hydrogens is 336 g/mol. The van der Waals surface area contributed by atoms with Gasteiger partial charge in [0, 0.05) is 44.4 Å². The second-order valence-corrected chi connectivity index (χ2v) is 6.88. The first-order chi connectivity index (χ1) is 12.3. The lowest BCUT2D eigenvalue weighted by molar-refractivity contribution is -0.222. The number of benzene rings is 1. The Morgan fingerprint density at radius 3 is 2.42 bits per heavy atom. The van der Waals surface area contributed by atoms with E-state index in [0.717, 1.165) is 30.6 Å². The number of hydrogen-bond acceptors (Lipinski definition) is 6. The Morgan fingerprint density at radius 1 is 1.12 bits per heavy atom. The topological polar surface area (TPSA) is 84.9 Å². The number of hydrogen-bond donors (Lipinski definition) is 1. The van der Waals surface area contributed by atoms with Crippen LogP contribution in [0.1, 0.15) is 38.7 Å². The summed E-state index contributed by atoms with van der Waals surface area (Å²) in [6.45, 7) is 5.64. The van der Waals surface area contributed by atoms with Crippen LogP contribution in [0.15, 0.2) is 30.0 Å². The molecule has 3 rings (SSSR count). The molecule has 0 aromatic heterocycles. The maximum Gasteiger partial charge on any atom is 0.350 e. The number of aryl methyl sites for hydroxylation is 1. The van der Waals surface area contributed by atoms with Gasteiger partial charge in [0.25, 0.3) is 5.79 Å². The van der Waals surface area contributed by atoms with E-state index in [9.17, 15) is 14.4 Å². The largest absolute Gasteiger partial charge is 0.419 e. The summed E-state index contributed by atoms with van der Waals surface area (Å²) in [4.78, 5) is 37.8. The molecule has 1 amide bonds. The molecule has 2 aliphatic heterocycles. The lowest BCUT2D eigenvalue weighted by Crippen LogP contribution is -2.42. The fourth-order valence-electron chi connectivity index (χ4n) is 3.04. The van der Waals surface area contributed by atoms with Crippen LogP contribution in [-0.2, 0) is 23.9 Å². The maximum absolute atomic E-state index is 12.1. The number of cyclic esters (lactones) is 2. The van der Waals surface area contributed by atoms with E-state index < -0.39 is 17.7 Å². The molecule has 1 aromatic rings. The summed E-state index contributed by atoms with van der Waals surface area (Å²) in [6, 6.07) is 5.52. The number of esters is 2. The SMILES string of the molecule is Cc1cc(NC=C2C(=O)OC(C)(C)OC2=O)ccc1N1CCCCC1=O. The minimum absolute atomic E-state index is 0.137. The molecule has 2 aliphatic rings. The van der Waals surface area contributed by atoms with Crippen LogP contribution in [0.3, 0.4) is 0 Å². The molecule has 2 saturated heterocycles. The number of rotatable bonds is 3. The number of carbonyl (C=O) groups is 3. The quantitative estimate of drug-likeness (QED) is 0.508. The monoisotopic (exact) mass is 358 g/mol. The first-order valence-corrected chi connectivity index (χ1v) is 8.61. The first kappa shape index (κ1) is 18.0. The van der Waals surface area contributed by atoms with Crippen molar-refractivity contribution in [1.82, 2.24) is 0 Å². The van der Waals surface area contributed by atoms with E-state index in [2.05, 4.69) is 5.32 Å². The summed E-state index contributed by atoms with van der Waals surface area (Å²) < 4.78 is 10.1. The van der Waals surface area contributed by atoms with Crippen molar-refractivity contribution in [3.8, 4) is 0 Å². The molecule has 7 heteroatoms. The van der Waals surface area contributed by atoms with Gasteiger partial charge in [-0.3, -0.25) is 4.79 Å². The van der Waals surface area contributed by atoms with Crippen LogP contribution >= 0.6 is 0 Å². The minimum atomic E-state index is -1.26. The zero-order valence-corrected chi connectivity index (χ0v) is 15.1. The van der Waals surface area contributed by atoms with E-state index in [0.29, 0.717) is 12.1 Å². The summed E-state index contributed by atoms with van der Waals surface area (Å²) in [5.74, 6) is -2.58. The second kappa shape index (κ2) is 6.82. The Kier molecular flexibility index (Phi) is 4.71. The van der Waals surface area contributed by atoms with Gasteiger partial charge in [-0.25, -0.2) is 9.59 Å². The summed E-state index contributed by atoms with van der Waals surface area (Å²) >= 11 is 0. The average molecular weight is 358 g/mol. The van der Waals surface area contributed by atoms with Crippen molar-refractivity contribution >= 4 is 29.2 Å². The summed E-state index contributed by atoms with van der Waals surface area (Å²) in [5, 5.41) is 2.92. The molecule has 2 heterocycles. The van der Waals surface area contributed by atoms with E-state index in [1.165, 1.54) is 20.0 Å². The van der Waals surface area contributed by atoms with E-state index in [4.69, 9.17) is 9.47 Å². The summed E-state index contributed by atoms with van der Waals surface area (Å²) in [7, 11) is 0. The Bertz CT molecular complexity index is 775. The molecule has 138 valence electrons. The van der Waals surface area contributed by atoms with E-state index in [1.54, 1.807) is 11.0 Å². The van der Waals surface area contributed by atoms with Crippen LogP contribution in [0.5, 0.6) is 0 Å². The number of anilines is 2. The highest BCUT2D eigenvalue weighted by Gasteiger charge is 2.38. The van der Waals surface area contributed by atoms with Crippen LogP contribution in [0, 0.1) is 6.92 Å². The van der Waals surface area contributed by atoms with E-state index >= 15 is 0 Å². The molecule has 1 N–H and O–H groups in total. The Balaban J connectivity index is 1.75. The number of nitrogens with zero attached hydrogens (tertiary/aromatic N) is 1. The lowest BCUT2D eigenvalue weighted by atomic mass is 10.1. The van der Waals surface area contributed by atoms with E-state index in [-0.39, 0.29) is 11.5 Å². The third kappa shape index (κ3) is 3.71. The highest BCUT2D eigenvalue weighted by atomic mass is 16.7. The van der Waals surface area contributed by atoms with Crippen LogP contribution in [0.25, 0.3) is 0 Å². The van der Waals surface area contributed by atoms with Crippen molar-refractivity contribution in [2.75, 3.05) is 16.8 Å². The van der Waals surface area contributed by atoms with Crippen LogP contribution in [0.4, 0.5) is 11.4 Å². The summed E-state index contributed by atoms with van der Waals surface area (Å²) in [5.41, 5.74) is 2.30. The van der Waals surface area contributed by atoms with Gasteiger partial charge in [0.1, 0.15) is 0 Å². The third-order valence-electron chi connectivity index (χ3n) is 4.31. The van der Waals surface area contributed by atoms with Crippen molar-refractivity contribution in [2.45, 2.75) is 45.8 Å². The maximum atomic E-state index is 12.1. The Hall–Kier alpha value is -2.83. The van der Waals surface area contributed by atoms with Gasteiger partial charge < -0.3 is 19.7 Å². The van der Waals surface area contributed by atoms with Gasteiger partial charge in [0.2, 0.25) is 5.91 Å². The van der Waals surface area contributed by atoms with Crippen LogP contribution in [-0.4, -0.2) is 30.2 Å². The van der Waals surface area contributed by atoms with Crippen molar-refractivity contribution in [1.29, 1.82) is 0 Å². The number of ether oxygens (including phenoxy) is 2. The molecule has 26 heavy (non-hydrogen) atoms. The van der Waals surface area contributed by atoms with Crippen molar-refractivity contribution < 1.29 is 23.9 Å². The smallest absolute Gasteiger partial charge is 0.350 e. The first-order valence-electron chi connectivity index (χ1n) is 8.61. The van der Waals surface area contributed by atoms with Gasteiger partial charge in [0.15, 0.2) is 5.57 Å². The number of carbonyl (C=O) groups excluding carboxylic acids is 3. The molecule has 2 fully saturated rings. The van der Waals surface area contributed by atoms with Crippen molar-refractivity contribution in [3.63, 3.8) is 0 Å². The molecule has 0 radical (unpaired) electrons. The summed E-state index contributed by atoms with van der Waals surface area (Å²) in [6.07, 6.45) is 3.79. The van der Waals surface area contributed by atoms with Crippen LogP contribution in [0.2, 0.25) is 0 Å². The lowest BCUT2D eigenvalue weighted by Gasteiger charge is -2.29. The predicted molar refractivity (Wildman–Crippen MR) is 95.4 cm³/mol. The van der Waals surface area contributed by atoms with Gasteiger partial charge in [-0.1, -0.05) is 0 Å². The number of piperidine rings is 1. The predicted octanol–water partition coefficient (Wildman–Crippen LogP) is 2.64. The van der Waals surface area contributed by atoms with Gasteiger partial charge in [0.05, 0.1) is 0 Å². The fraction of sp³-hybridized carbons (Fsp3) is 0.421. The molecule has 0 saturated carbocycles. The highest BCUT2D eigenvalue weighted by molar-refractivity contribution is 6.15. The van der Waals surface area contributed by atoms with Crippen molar-refractivity contribution in [3.05, 3.63) is 35.5 Å². The average Bonchev–Trinajstić information content (AvgIpc) is 2.54. The normalized spacial score (nSPS) is 19.7. The zero-order valence-electron chi connectivity index (χ0n) is 15.1. The minimum Gasteiger partial charge on any atom is -0.419 e. The Morgan fingerprint density at radius 2 is 1.81 bits per heavy atom. The molecule has 0 atom stereocenters. The fourth-order valence-corrected chi connectivity index (χ4v) is 3.04. The zero-order chi connectivity index (χ0) is 18.9. The molecule has 7 nitrogen and oxygen atoms in total. The third-order valence-corrected chi connectivity index (χ3v) is 4.31. The molecule has 0 spiro atoms. The molecule has 0 unspecified atom stereocenters. The molecule has 0 aliphatic carbocycles. The van der Waals surface area contributed by atoms with Gasteiger partial charge >= 0.3 is 11.9 Å². The second-order valence-electron chi connectivity index (χ2n) is 6.88.